The van der Waals surface area contributed by atoms with Crippen molar-refractivity contribution in [2.24, 2.45) is 0 Å². The second kappa shape index (κ2) is 12.0. The van der Waals surface area contributed by atoms with Crippen LogP contribution in [0.25, 0.3) is 16.5 Å². The zero-order chi connectivity index (χ0) is 27.3. The number of hydrogen-bond acceptors (Lipinski definition) is 9. The van der Waals surface area contributed by atoms with Gasteiger partial charge in [0.25, 0.3) is 0 Å². The number of aromatic nitrogens is 6. The Hall–Kier alpha value is -4.09. The molecule has 1 aromatic carbocycles. The Morgan fingerprint density at radius 2 is 1.70 bits per heavy atom. The molecule has 0 aliphatic heterocycles. The number of fused-ring (bicyclic) bond motifs is 2. The lowest BCUT2D eigenvalue weighted by molar-refractivity contribution is -0.118. The third-order valence-electron chi connectivity index (χ3n) is 6.83. The molecule has 11 heteroatoms. The van der Waals surface area contributed by atoms with Crippen LogP contribution in [-0.2, 0) is 41.7 Å². The molecule has 40 heavy (non-hydrogen) atoms. The van der Waals surface area contributed by atoms with Crippen molar-refractivity contribution in [3.8, 4) is 0 Å². The second-order valence-corrected chi connectivity index (χ2v) is 11.9. The number of allylic oxidation sites excluding steroid dienone is 1. The monoisotopic (exact) mass is 569 g/mol. The van der Waals surface area contributed by atoms with Crippen molar-refractivity contribution in [2.45, 2.75) is 51.4 Å². The number of Topliss-reactive ketones (excluding diaryl/α,β-unsaturated/α-hetero) is 1. The van der Waals surface area contributed by atoms with E-state index in [4.69, 9.17) is 0 Å². The number of anilines is 1. The van der Waals surface area contributed by atoms with E-state index in [0.29, 0.717) is 24.4 Å². The van der Waals surface area contributed by atoms with Crippen LogP contribution in [-0.4, -0.2) is 42.1 Å². The Morgan fingerprint density at radius 3 is 2.60 bits per heavy atom. The largest absolute Gasteiger partial charge is 0.361 e. The number of aryl methyl sites for hydroxylation is 2. The van der Waals surface area contributed by atoms with E-state index in [1.807, 2.05) is 42.7 Å². The highest BCUT2D eigenvalue weighted by Crippen LogP contribution is 2.29. The van der Waals surface area contributed by atoms with Crippen LogP contribution < -0.4 is 5.32 Å². The number of nitrogens with one attached hydrogen (secondary N) is 2. The molecule has 0 fully saturated rings. The molecule has 0 atom stereocenters. The average molecular weight is 570 g/mol. The predicted molar refractivity (Wildman–Crippen MR) is 156 cm³/mol. The number of unbranched alkanes of at least 4 members (excludes halogenated alkanes) is 1. The number of carbonyl (C=O) groups excluding carboxylic acids is 2. The van der Waals surface area contributed by atoms with Crippen molar-refractivity contribution in [2.75, 3.05) is 5.32 Å². The van der Waals surface area contributed by atoms with Gasteiger partial charge in [-0.25, -0.2) is 0 Å². The number of ketones is 1. The number of para-hydroxylation sites is 1. The minimum absolute atomic E-state index is 0.0920. The van der Waals surface area contributed by atoms with Crippen molar-refractivity contribution < 1.29 is 9.59 Å². The van der Waals surface area contributed by atoms with Gasteiger partial charge in [-0.15, -0.1) is 31.7 Å². The number of hydrogen-bond donors (Lipinski definition) is 2. The summed E-state index contributed by atoms with van der Waals surface area (Å²) in [5.41, 5.74) is 5.34. The first-order valence-electron chi connectivity index (χ1n) is 13.2. The number of carbonyl (C=O) groups is 2. The first-order valence-corrected chi connectivity index (χ1v) is 14.9. The standard InChI is InChI=1S/C29H27N7O2S2/c37-21(13-20-17-31-24-6-2-1-5-23(20)24)15-28-35-33-26(39-28)7-3-4-8-27-34-36-29(40-27)32-25(38)14-18-9-10-19-16-30-12-11-22(18)19/h1-2,5-6,9,11-12,16-17,31H,3-4,7-8,10,13-15H2,(H,32,36,38). The molecule has 2 N–H and O–H groups in total. The molecule has 202 valence electrons. The van der Waals surface area contributed by atoms with Crippen molar-refractivity contribution in [3.63, 3.8) is 0 Å². The molecule has 1 aliphatic rings. The van der Waals surface area contributed by atoms with Crippen LogP contribution in [0.5, 0.6) is 0 Å². The fourth-order valence-corrected chi connectivity index (χ4v) is 6.60. The molecular weight excluding hydrogens is 543 g/mol. The van der Waals surface area contributed by atoms with Gasteiger partial charge in [-0.1, -0.05) is 35.6 Å². The summed E-state index contributed by atoms with van der Waals surface area (Å²) >= 11 is 2.93. The molecule has 6 rings (SSSR count). The van der Waals surface area contributed by atoms with E-state index < -0.39 is 0 Å². The first kappa shape index (κ1) is 26.1. The Morgan fingerprint density at radius 1 is 0.900 bits per heavy atom. The highest BCUT2D eigenvalue weighted by atomic mass is 32.1. The first-order chi connectivity index (χ1) is 19.6. The van der Waals surface area contributed by atoms with Gasteiger partial charge < -0.3 is 10.3 Å². The Labute approximate surface area is 238 Å². The summed E-state index contributed by atoms with van der Waals surface area (Å²) in [4.78, 5) is 32.5. The van der Waals surface area contributed by atoms with Crippen LogP contribution in [0.4, 0.5) is 5.13 Å². The van der Waals surface area contributed by atoms with E-state index in [1.54, 1.807) is 6.20 Å². The van der Waals surface area contributed by atoms with Crippen molar-refractivity contribution in [1.82, 2.24) is 30.4 Å². The molecule has 5 aromatic rings. The minimum atomic E-state index is -0.0920. The molecule has 0 bridgehead atoms. The van der Waals surface area contributed by atoms with Gasteiger partial charge in [0, 0.05) is 48.8 Å². The van der Waals surface area contributed by atoms with Crippen molar-refractivity contribution >= 4 is 56.0 Å². The Kier molecular flexibility index (Phi) is 7.83. The van der Waals surface area contributed by atoms with Crippen LogP contribution in [0.1, 0.15) is 51.0 Å². The number of nitrogens with zero attached hydrogens (tertiary/aromatic N) is 5. The Balaban J connectivity index is 0.915. The number of pyridine rings is 1. The number of benzene rings is 1. The summed E-state index contributed by atoms with van der Waals surface area (Å²) in [7, 11) is 0. The minimum Gasteiger partial charge on any atom is -0.361 e. The van der Waals surface area contributed by atoms with Crippen LogP contribution >= 0.6 is 22.7 Å². The third kappa shape index (κ3) is 6.21. The molecule has 9 nitrogen and oxygen atoms in total. The van der Waals surface area contributed by atoms with Crippen LogP contribution in [0, 0.1) is 0 Å². The van der Waals surface area contributed by atoms with E-state index in [9.17, 15) is 9.59 Å². The number of rotatable bonds is 12. The molecule has 0 radical (unpaired) electrons. The smallest absolute Gasteiger partial charge is 0.230 e. The van der Waals surface area contributed by atoms with E-state index in [0.717, 1.165) is 80.3 Å². The van der Waals surface area contributed by atoms with Crippen molar-refractivity contribution in [3.05, 3.63) is 86.7 Å². The lowest BCUT2D eigenvalue weighted by Gasteiger charge is -2.05. The van der Waals surface area contributed by atoms with Gasteiger partial charge in [0.05, 0.1) is 12.8 Å². The maximum atomic E-state index is 12.6. The fraction of sp³-hybridized carbons (Fsp3) is 0.276. The highest BCUT2D eigenvalue weighted by molar-refractivity contribution is 7.15. The number of amides is 1. The normalized spacial score (nSPS) is 12.4. The van der Waals surface area contributed by atoms with Gasteiger partial charge in [-0.05, 0) is 53.7 Å². The second-order valence-electron chi connectivity index (χ2n) is 9.74. The molecule has 0 saturated carbocycles. The predicted octanol–water partition coefficient (Wildman–Crippen LogP) is 5.15. The zero-order valence-corrected chi connectivity index (χ0v) is 23.4. The van der Waals surface area contributed by atoms with Gasteiger partial charge in [0.2, 0.25) is 11.0 Å². The van der Waals surface area contributed by atoms with E-state index in [1.165, 1.54) is 22.7 Å². The van der Waals surface area contributed by atoms with Crippen LogP contribution in [0.15, 0.2) is 55.0 Å². The van der Waals surface area contributed by atoms with Crippen LogP contribution in [0.2, 0.25) is 0 Å². The van der Waals surface area contributed by atoms with Gasteiger partial charge in [0.15, 0.2) is 0 Å². The zero-order valence-electron chi connectivity index (χ0n) is 21.7. The van der Waals surface area contributed by atoms with Gasteiger partial charge >= 0.3 is 0 Å². The summed E-state index contributed by atoms with van der Waals surface area (Å²) in [6, 6.07) is 9.96. The quantitative estimate of drug-likeness (QED) is 0.199. The van der Waals surface area contributed by atoms with E-state index in [2.05, 4.69) is 41.8 Å². The fourth-order valence-electron chi connectivity index (χ4n) is 4.89. The summed E-state index contributed by atoms with van der Waals surface area (Å²) in [6.07, 6.45) is 12.9. The van der Waals surface area contributed by atoms with Crippen LogP contribution in [0.3, 0.4) is 0 Å². The van der Waals surface area contributed by atoms with E-state index in [-0.39, 0.29) is 11.7 Å². The maximum Gasteiger partial charge on any atom is 0.230 e. The molecule has 4 aromatic heterocycles. The SMILES string of the molecule is O=C(Cc1nnc(CCCCc2nnc(NC(=O)CC3=CCc4cnccc43)s2)s1)Cc1c[nH]c2ccccc12. The van der Waals surface area contributed by atoms with Crippen molar-refractivity contribution in [1.29, 1.82) is 0 Å². The molecule has 0 saturated heterocycles. The molecule has 0 spiro atoms. The lowest BCUT2D eigenvalue weighted by Crippen LogP contribution is -2.11. The summed E-state index contributed by atoms with van der Waals surface area (Å²) in [5.74, 6) is 0.0410. The summed E-state index contributed by atoms with van der Waals surface area (Å²) < 4.78 is 0. The van der Waals surface area contributed by atoms with Gasteiger partial charge in [-0.3, -0.25) is 14.6 Å². The van der Waals surface area contributed by atoms with Gasteiger partial charge in [0.1, 0.15) is 20.8 Å². The van der Waals surface area contributed by atoms with E-state index >= 15 is 0 Å². The summed E-state index contributed by atoms with van der Waals surface area (Å²) in [6.45, 7) is 0. The van der Waals surface area contributed by atoms with Gasteiger partial charge in [-0.2, -0.15) is 0 Å². The molecule has 4 heterocycles. The average Bonchev–Trinajstić information content (AvgIpc) is 3.76. The topological polar surface area (TPSA) is 126 Å². The molecule has 1 aliphatic carbocycles. The third-order valence-corrected chi connectivity index (χ3v) is 8.71. The molecule has 1 amide bonds. The number of aromatic amines is 1. The summed E-state index contributed by atoms with van der Waals surface area (Å²) in [5, 5.41) is 24.0. The molecule has 0 unspecified atom stereocenters. The molecular formula is C29H27N7O2S2. The Bertz CT molecular complexity index is 1700. The lowest BCUT2D eigenvalue weighted by atomic mass is 10.1. The number of H-pyrrole nitrogens is 1. The maximum absolute atomic E-state index is 12.6. The highest BCUT2D eigenvalue weighted by Gasteiger charge is 2.18.